The lowest BCUT2D eigenvalue weighted by atomic mass is 9.95. The standard InChI is InChI=1S/C16H25FN2O/c1-4-5-6-14(18)16(20)19-15(11(2)3)12-7-9-13(17)10-8-12/h7-11,14-15H,4-6,18H2,1-3H3,(H,19,20). The van der Waals surface area contributed by atoms with Crippen LogP contribution in [0.15, 0.2) is 24.3 Å². The maximum absolute atomic E-state index is 13.0. The second-order valence-corrected chi connectivity index (χ2v) is 5.53. The van der Waals surface area contributed by atoms with Crippen LogP contribution in [0.2, 0.25) is 0 Å². The second kappa shape index (κ2) is 8.00. The first-order chi connectivity index (χ1) is 9.45. The third kappa shape index (κ3) is 4.93. The van der Waals surface area contributed by atoms with Crippen molar-refractivity contribution < 1.29 is 9.18 Å². The molecular formula is C16H25FN2O. The van der Waals surface area contributed by atoms with Gasteiger partial charge in [-0.1, -0.05) is 45.7 Å². The van der Waals surface area contributed by atoms with E-state index in [1.54, 1.807) is 12.1 Å². The zero-order valence-electron chi connectivity index (χ0n) is 12.5. The molecule has 2 atom stereocenters. The van der Waals surface area contributed by atoms with E-state index in [2.05, 4.69) is 12.2 Å². The predicted octanol–water partition coefficient (Wildman–Crippen LogP) is 3.16. The molecule has 1 amide bonds. The first-order valence-corrected chi connectivity index (χ1v) is 7.27. The Morgan fingerprint density at radius 3 is 2.40 bits per heavy atom. The molecule has 0 aliphatic carbocycles. The minimum Gasteiger partial charge on any atom is -0.348 e. The van der Waals surface area contributed by atoms with Gasteiger partial charge in [0, 0.05) is 0 Å². The molecule has 0 aliphatic heterocycles. The van der Waals surface area contributed by atoms with E-state index < -0.39 is 6.04 Å². The molecule has 0 radical (unpaired) electrons. The highest BCUT2D eigenvalue weighted by molar-refractivity contribution is 5.81. The molecule has 1 rings (SSSR count). The molecule has 1 aromatic carbocycles. The fourth-order valence-electron chi connectivity index (χ4n) is 2.12. The van der Waals surface area contributed by atoms with Crippen LogP contribution in [-0.4, -0.2) is 11.9 Å². The molecule has 0 bridgehead atoms. The summed E-state index contributed by atoms with van der Waals surface area (Å²) in [5.74, 6) is -0.202. The van der Waals surface area contributed by atoms with E-state index in [9.17, 15) is 9.18 Å². The average molecular weight is 280 g/mol. The summed E-state index contributed by atoms with van der Waals surface area (Å²) in [5, 5.41) is 2.97. The minimum absolute atomic E-state index is 0.138. The zero-order chi connectivity index (χ0) is 15.1. The SMILES string of the molecule is CCCCC(N)C(=O)NC(c1ccc(F)cc1)C(C)C. The number of nitrogens with two attached hydrogens (primary N) is 1. The number of hydrogen-bond donors (Lipinski definition) is 2. The van der Waals surface area contributed by atoms with Gasteiger partial charge in [0.1, 0.15) is 5.82 Å². The van der Waals surface area contributed by atoms with Crippen LogP contribution in [0.4, 0.5) is 4.39 Å². The number of carbonyl (C=O) groups excluding carboxylic acids is 1. The lowest BCUT2D eigenvalue weighted by molar-refractivity contribution is -0.123. The minimum atomic E-state index is -0.475. The van der Waals surface area contributed by atoms with Crippen LogP contribution in [0, 0.1) is 11.7 Å². The largest absolute Gasteiger partial charge is 0.348 e. The molecule has 0 aromatic heterocycles. The van der Waals surface area contributed by atoms with Gasteiger partial charge in [0.2, 0.25) is 5.91 Å². The van der Waals surface area contributed by atoms with Gasteiger partial charge in [0.05, 0.1) is 12.1 Å². The highest BCUT2D eigenvalue weighted by Gasteiger charge is 2.21. The van der Waals surface area contributed by atoms with Crippen molar-refractivity contribution in [3.8, 4) is 0 Å². The van der Waals surface area contributed by atoms with Crippen LogP contribution >= 0.6 is 0 Å². The van der Waals surface area contributed by atoms with Gasteiger partial charge in [0.25, 0.3) is 0 Å². The topological polar surface area (TPSA) is 55.1 Å². The van der Waals surface area contributed by atoms with Crippen LogP contribution in [0.5, 0.6) is 0 Å². The quantitative estimate of drug-likeness (QED) is 0.806. The fraction of sp³-hybridized carbons (Fsp3) is 0.562. The first kappa shape index (κ1) is 16.6. The molecule has 1 aromatic rings. The summed E-state index contributed by atoms with van der Waals surface area (Å²) in [4.78, 5) is 12.1. The highest BCUT2D eigenvalue weighted by Crippen LogP contribution is 2.22. The van der Waals surface area contributed by atoms with E-state index in [0.717, 1.165) is 18.4 Å². The Hall–Kier alpha value is -1.42. The Balaban J connectivity index is 2.72. The summed E-state index contributed by atoms with van der Waals surface area (Å²) < 4.78 is 13.0. The van der Waals surface area contributed by atoms with Gasteiger partial charge < -0.3 is 11.1 Å². The maximum atomic E-state index is 13.0. The molecule has 3 nitrogen and oxygen atoms in total. The first-order valence-electron chi connectivity index (χ1n) is 7.27. The molecule has 0 spiro atoms. The number of amides is 1. The average Bonchev–Trinajstić information content (AvgIpc) is 2.42. The summed E-state index contributed by atoms with van der Waals surface area (Å²) in [6.07, 6.45) is 2.65. The number of nitrogens with one attached hydrogen (secondary N) is 1. The van der Waals surface area contributed by atoms with Crippen molar-refractivity contribution in [2.45, 2.75) is 52.1 Å². The van der Waals surface area contributed by atoms with Crippen LogP contribution in [0.3, 0.4) is 0 Å². The van der Waals surface area contributed by atoms with Crippen molar-refractivity contribution >= 4 is 5.91 Å². The van der Waals surface area contributed by atoms with Crippen LogP contribution in [-0.2, 0) is 4.79 Å². The molecular weight excluding hydrogens is 255 g/mol. The second-order valence-electron chi connectivity index (χ2n) is 5.53. The fourth-order valence-corrected chi connectivity index (χ4v) is 2.12. The van der Waals surface area contributed by atoms with E-state index in [-0.39, 0.29) is 23.7 Å². The number of carbonyl (C=O) groups is 1. The molecule has 0 fully saturated rings. The Morgan fingerprint density at radius 2 is 1.90 bits per heavy atom. The summed E-state index contributed by atoms with van der Waals surface area (Å²) in [5.41, 5.74) is 6.78. The lowest BCUT2D eigenvalue weighted by Crippen LogP contribution is -2.43. The smallest absolute Gasteiger partial charge is 0.237 e. The van der Waals surface area contributed by atoms with E-state index in [1.807, 2.05) is 13.8 Å². The van der Waals surface area contributed by atoms with Gasteiger partial charge in [-0.3, -0.25) is 4.79 Å². The van der Waals surface area contributed by atoms with Gasteiger partial charge in [-0.25, -0.2) is 4.39 Å². The molecule has 0 saturated carbocycles. The monoisotopic (exact) mass is 280 g/mol. The van der Waals surface area contributed by atoms with Crippen molar-refractivity contribution in [2.24, 2.45) is 11.7 Å². The number of benzene rings is 1. The van der Waals surface area contributed by atoms with Crippen LogP contribution in [0.25, 0.3) is 0 Å². The number of rotatable bonds is 7. The molecule has 4 heteroatoms. The molecule has 3 N–H and O–H groups in total. The number of unbranched alkanes of at least 4 members (excludes halogenated alkanes) is 1. The van der Waals surface area contributed by atoms with E-state index in [0.29, 0.717) is 6.42 Å². The van der Waals surface area contributed by atoms with Gasteiger partial charge in [-0.05, 0) is 30.0 Å². The van der Waals surface area contributed by atoms with Crippen molar-refractivity contribution in [1.82, 2.24) is 5.32 Å². The van der Waals surface area contributed by atoms with Gasteiger partial charge in [-0.15, -0.1) is 0 Å². The lowest BCUT2D eigenvalue weighted by Gasteiger charge is -2.24. The predicted molar refractivity (Wildman–Crippen MR) is 79.6 cm³/mol. The molecule has 0 aliphatic rings. The molecule has 0 saturated heterocycles. The maximum Gasteiger partial charge on any atom is 0.237 e. The molecule has 112 valence electrons. The third-order valence-corrected chi connectivity index (χ3v) is 3.40. The van der Waals surface area contributed by atoms with Crippen molar-refractivity contribution in [3.63, 3.8) is 0 Å². The number of halogens is 1. The van der Waals surface area contributed by atoms with Crippen molar-refractivity contribution in [1.29, 1.82) is 0 Å². The highest BCUT2D eigenvalue weighted by atomic mass is 19.1. The Labute approximate surface area is 120 Å². The van der Waals surface area contributed by atoms with Crippen molar-refractivity contribution in [3.05, 3.63) is 35.6 Å². The van der Waals surface area contributed by atoms with Crippen molar-refractivity contribution in [2.75, 3.05) is 0 Å². The van der Waals surface area contributed by atoms with Gasteiger partial charge in [0.15, 0.2) is 0 Å². The third-order valence-electron chi connectivity index (χ3n) is 3.40. The normalized spacial score (nSPS) is 14.1. The zero-order valence-corrected chi connectivity index (χ0v) is 12.5. The molecule has 2 unspecified atom stereocenters. The van der Waals surface area contributed by atoms with Gasteiger partial charge in [-0.2, -0.15) is 0 Å². The Morgan fingerprint density at radius 1 is 1.30 bits per heavy atom. The Bertz CT molecular complexity index is 417. The van der Waals surface area contributed by atoms with Crippen LogP contribution < -0.4 is 11.1 Å². The van der Waals surface area contributed by atoms with E-state index in [4.69, 9.17) is 5.73 Å². The summed E-state index contributed by atoms with van der Waals surface area (Å²) in [7, 11) is 0. The Kier molecular flexibility index (Phi) is 6.65. The van der Waals surface area contributed by atoms with E-state index in [1.165, 1.54) is 12.1 Å². The summed E-state index contributed by atoms with van der Waals surface area (Å²) >= 11 is 0. The van der Waals surface area contributed by atoms with Crippen LogP contribution in [0.1, 0.15) is 51.6 Å². The number of hydrogen-bond acceptors (Lipinski definition) is 2. The van der Waals surface area contributed by atoms with Gasteiger partial charge >= 0.3 is 0 Å². The summed E-state index contributed by atoms with van der Waals surface area (Å²) in [6, 6.07) is 5.62. The molecule has 0 heterocycles. The summed E-state index contributed by atoms with van der Waals surface area (Å²) in [6.45, 7) is 6.11. The van der Waals surface area contributed by atoms with E-state index >= 15 is 0 Å². The molecule has 20 heavy (non-hydrogen) atoms.